The molecular formula is C22H31N3. The van der Waals surface area contributed by atoms with E-state index in [1.54, 1.807) is 0 Å². The van der Waals surface area contributed by atoms with Gasteiger partial charge in [0.15, 0.2) is 0 Å². The molecule has 0 bridgehead atoms. The van der Waals surface area contributed by atoms with Crippen molar-refractivity contribution in [1.29, 1.82) is 0 Å². The van der Waals surface area contributed by atoms with Crippen LogP contribution in [0.15, 0.2) is 36.7 Å². The zero-order chi connectivity index (χ0) is 17.9. The molecule has 1 atom stereocenters. The smallest absolute Gasteiger partial charge is 0.0299 e. The van der Waals surface area contributed by atoms with E-state index < -0.39 is 0 Å². The summed E-state index contributed by atoms with van der Waals surface area (Å²) in [4.78, 5) is 6.75. The summed E-state index contributed by atoms with van der Waals surface area (Å²) in [6, 6.07) is 8.89. The van der Waals surface area contributed by atoms with Crippen molar-refractivity contribution in [1.82, 2.24) is 9.88 Å². The Labute approximate surface area is 152 Å². The topological polar surface area (TPSA) is 42.1 Å². The van der Waals surface area contributed by atoms with Crippen LogP contribution >= 0.6 is 0 Å². The van der Waals surface area contributed by atoms with Gasteiger partial charge in [-0.15, -0.1) is 0 Å². The zero-order valence-electron chi connectivity index (χ0n) is 15.9. The van der Waals surface area contributed by atoms with Crippen molar-refractivity contribution in [2.45, 2.75) is 58.5 Å². The summed E-state index contributed by atoms with van der Waals surface area (Å²) in [6.45, 7) is 9.90. The average Bonchev–Trinajstić information content (AvgIpc) is 2.60. The molecule has 3 nitrogen and oxygen atoms in total. The average molecular weight is 338 g/mol. The number of nitrogens with two attached hydrogens (primary N) is 1. The van der Waals surface area contributed by atoms with E-state index in [-0.39, 0.29) is 5.54 Å². The number of aromatic nitrogens is 1. The summed E-state index contributed by atoms with van der Waals surface area (Å²) in [5.74, 6) is 0. The molecule has 2 aromatic rings. The SMILES string of the molecule is Cc1cc2c(cc1C)CN(CCC(C)(N)CCc1cccnc1)CC2. The molecule has 0 saturated carbocycles. The van der Waals surface area contributed by atoms with Crippen LogP contribution in [-0.4, -0.2) is 28.5 Å². The Balaban J connectivity index is 1.52. The number of hydrogen-bond acceptors (Lipinski definition) is 3. The predicted octanol–water partition coefficient (Wildman–Crippen LogP) is 3.80. The Morgan fingerprint density at radius 2 is 1.92 bits per heavy atom. The number of hydrogen-bond donors (Lipinski definition) is 1. The third-order valence-electron chi connectivity index (χ3n) is 5.61. The van der Waals surface area contributed by atoms with Gasteiger partial charge in [-0.3, -0.25) is 9.88 Å². The summed E-state index contributed by atoms with van der Waals surface area (Å²) >= 11 is 0. The van der Waals surface area contributed by atoms with Crippen LogP contribution < -0.4 is 5.73 Å². The fourth-order valence-corrected chi connectivity index (χ4v) is 3.62. The fraction of sp³-hybridized carbons (Fsp3) is 0.500. The minimum atomic E-state index is -0.126. The highest BCUT2D eigenvalue weighted by Gasteiger charge is 2.22. The Kier molecular flexibility index (Phi) is 5.55. The fourth-order valence-electron chi connectivity index (χ4n) is 3.62. The zero-order valence-corrected chi connectivity index (χ0v) is 15.9. The summed E-state index contributed by atoms with van der Waals surface area (Å²) in [6.07, 6.45) is 7.97. The first-order valence-electron chi connectivity index (χ1n) is 9.42. The van der Waals surface area contributed by atoms with Crippen molar-refractivity contribution in [2.24, 2.45) is 5.73 Å². The highest BCUT2D eigenvalue weighted by atomic mass is 15.1. The first-order valence-corrected chi connectivity index (χ1v) is 9.42. The van der Waals surface area contributed by atoms with Crippen molar-refractivity contribution in [3.8, 4) is 0 Å². The number of pyridine rings is 1. The second-order valence-electron chi connectivity index (χ2n) is 8.00. The van der Waals surface area contributed by atoms with E-state index in [1.807, 2.05) is 18.5 Å². The largest absolute Gasteiger partial charge is 0.325 e. The summed E-state index contributed by atoms with van der Waals surface area (Å²) < 4.78 is 0. The lowest BCUT2D eigenvalue weighted by molar-refractivity contribution is 0.223. The van der Waals surface area contributed by atoms with Gasteiger partial charge in [-0.1, -0.05) is 18.2 Å². The van der Waals surface area contributed by atoms with Crippen LogP contribution in [0.4, 0.5) is 0 Å². The number of benzene rings is 1. The van der Waals surface area contributed by atoms with E-state index in [9.17, 15) is 0 Å². The number of fused-ring (bicyclic) bond motifs is 1. The number of aryl methyl sites for hydroxylation is 3. The predicted molar refractivity (Wildman–Crippen MR) is 105 cm³/mol. The van der Waals surface area contributed by atoms with Crippen molar-refractivity contribution in [3.63, 3.8) is 0 Å². The molecule has 25 heavy (non-hydrogen) atoms. The Hall–Kier alpha value is -1.71. The van der Waals surface area contributed by atoms with E-state index in [4.69, 9.17) is 5.73 Å². The van der Waals surface area contributed by atoms with Gasteiger partial charge in [0, 0.05) is 37.6 Å². The van der Waals surface area contributed by atoms with Crippen LogP contribution in [0, 0.1) is 13.8 Å². The van der Waals surface area contributed by atoms with Crippen molar-refractivity contribution in [2.75, 3.05) is 13.1 Å². The molecule has 0 fully saturated rings. The van der Waals surface area contributed by atoms with Gasteiger partial charge in [-0.05, 0) is 80.3 Å². The Morgan fingerprint density at radius 1 is 1.16 bits per heavy atom. The highest BCUT2D eigenvalue weighted by molar-refractivity contribution is 5.38. The molecule has 3 heteroatoms. The summed E-state index contributed by atoms with van der Waals surface area (Å²) in [7, 11) is 0. The van der Waals surface area contributed by atoms with Crippen LogP contribution in [0.25, 0.3) is 0 Å². The third-order valence-corrected chi connectivity index (χ3v) is 5.61. The van der Waals surface area contributed by atoms with Crippen molar-refractivity contribution in [3.05, 3.63) is 64.5 Å². The van der Waals surface area contributed by atoms with Gasteiger partial charge in [-0.25, -0.2) is 0 Å². The van der Waals surface area contributed by atoms with Crippen LogP contribution in [0.2, 0.25) is 0 Å². The molecule has 1 unspecified atom stereocenters. The minimum Gasteiger partial charge on any atom is -0.325 e. The lowest BCUT2D eigenvalue weighted by atomic mass is 9.90. The van der Waals surface area contributed by atoms with Gasteiger partial charge in [0.2, 0.25) is 0 Å². The maximum Gasteiger partial charge on any atom is 0.0299 e. The van der Waals surface area contributed by atoms with E-state index in [0.29, 0.717) is 0 Å². The van der Waals surface area contributed by atoms with Gasteiger partial charge < -0.3 is 5.73 Å². The van der Waals surface area contributed by atoms with Gasteiger partial charge in [0.05, 0.1) is 0 Å². The molecule has 3 rings (SSSR count). The Morgan fingerprint density at radius 3 is 2.64 bits per heavy atom. The molecule has 2 N–H and O–H groups in total. The van der Waals surface area contributed by atoms with Crippen molar-refractivity contribution < 1.29 is 0 Å². The first-order chi connectivity index (χ1) is 11.9. The standard InChI is InChI=1S/C22H31N3/c1-17-13-20-7-11-25(16-21(20)14-18(17)2)12-9-22(3,23)8-6-19-5-4-10-24-15-19/h4-5,10,13-15H,6-9,11-12,16,23H2,1-3H3. The van der Waals surface area contributed by atoms with Gasteiger partial charge >= 0.3 is 0 Å². The highest BCUT2D eigenvalue weighted by Crippen LogP contribution is 2.24. The lowest BCUT2D eigenvalue weighted by Crippen LogP contribution is -2.42. The molecule has 134 valence electrons. The van der Waals surface area contributed by atoms with Crippen LogP contribution in [0.1, 0.15) is 47.6 Å². The molecule has 0 amide bonds. The monoisotopic (exact) mass is 337 g/mol. The molecule has 1 aliphatic rings. The second-order valence-corrected chi connectivity index (χ2v) is 8.00. The van der Waals surface area contributed by atoms with Crippen LogP contribution in [0.5, 0.6) is 0 Å². The summed E-state index contributed by atoms with van der Waals surface area (Å²) in [5.41, 5.74) is 13.6. The maximum atomic E-state index is 6.57. The molecule has 1 aromatic heterocycles. The summed E-state index contributed by atoms with van der Waals surface area (Å²) in [5, 5.41) is 0. The van der Waals surface area contributed by atoms with E-state index in [2.05, 4.69) is 48.9 Å². The van der Waals surface area contributed by atoms with Gasteiger partial charge in [-0.2, -0.15) is 0 Å². The Bertz CT molecular complexity index is 707. The minimum absolute atomic E-state index is 0.126. The molecule has 0 radical (unpaired) electrons. The second kappa shape index (κ2) is 7.67. The number of rotatable bonds is 6. The molecule has 2 heterocycles. The molecule has 0 aliphatic carbocycles. The van der Waals surface area contributed by atoms with E-state index >= 15 is 0 Å². The molecular weight excluding hydrogens is 306 g/mol. The van der Waals surface area contributed by atoms with E-state index in [0.717, 1.165) is 45.3 Å². The molecule has 0 saturated heterocycles. The van der Waals surface area contributed by atoms with Crippen molar-refractivity contribution >= 4 is 0 Å². The molecule has 1 aliphatic heterocycles. The van der Waals surface area contributed by atoms with Crippen LogP contribution in [0.3, 0.4) is 0 Å². The molecule has 1 aromatic carbocycles. The van der Waals surface area contributed by atoms with Gasteiger partial charge in [0.1, 0.15) is 0 Å². The number of nitrogens with zero attached hydrogens (tertiary/aromatic N) is 2. The molecule has 0 spiro atoms. The lowest BCUT2D eigenvalue weighted by Gasteiger charge is -2.33. The van der Waals surface area contributed by atoms with Crippen LogP contribution in [-0.2, 0) is 19.4 Å². The normalized spacial score (nSPS) is 17.1. The van der Waals surface area contributed by atoms with E-state index in [1.165, 1.54) is 27.8 Å². The maximum absolute atomic E-state index is 6.57. The first kappa shape index (κ1) is 18.1. The van der Waals surface area contributed by atoms with Gasteiger partial charge in [0.25, 0.3) is 0 Å². The third kappa shape index (κ3) is 4.90. The quantitative estimate of drug-likeness (QED) is 0.872.